The summed E-state index contributed by atoms with van der Waals surface area (Å²) in [7, 11) is 0. The van der Waals surface area contributed by atoms with Gasteiger partial charge in [-0.1, -0.05) is 0 Å². The van der Waals surface area contributed by atoms with Crippen molar-refractivity contribution in [3.05, 3.63) is 22.9 Å². The van der Waals surface area contributed by atoms with E-state index in [4.69, 9.17) is 0 Å². The van der Waals surface area contributed by atoms with Crippen molar-refractivity contribution in [1.29, 1.82) is 5.26 Å². The smallest absolute Gasteiger partial charge is 0.309 e. The van der Waals surface area contributed by atoms with Crippen LogP contribution in [0, 0.1) is 30.6 Å². The van der Waals surface area contributed by atoms with Crippen molar-refractivity contribution in [2.45, 2.75) is 33.6 Å². The number of hydrogen-bond donors (Lipinski definition) is 1. The zero-order valence-corrected chi connectivity index (χ0v) is 12.1. The van der Waals surface area contributed by atoms with Crippen molar-refractivity contribution in [3.8, 4) is 6.07 Å². The van der Waals surface area contributed by atoms with Crippen molar-refractivity contribution in [3.63, 3.8) is 0 Å². The van der Waals surface area contributed by atoms with Crippen LogP contribution in [0.1, 0.15) is 36.6 Å². The standard InChI is InChI=1S/C15H19N3O2/c1-10-8-11(2)17-13(12(10)9-16)18-6-4-15(3,5-7-18)14(19)20/h8H,4-7H2,1-3H3,(H,19,20). The molecule has 1 aromatic heterocycles. The Morgan fingerprint density at radius 3 is 2.55 bits per heavy atom. The van der Waals surface area contributed by atoms with E-state index in [2.05, 4.69) is 11.1 Å². The van der Waals surface area contributed by atoms with Crippen LogP contribution < -0.4 is 4.90 Å². The fourth-order valence-corrected chi connectivity index (χ4v) is 2.61. The molecule has 0 unspecified atom stereocenters. The molecule has 0 aliphatic carbocycles. The zero-order valence-electron chi connectivity index (χ0n) is 12.1. The number of carbonyl (C=O) groups is 1. The second kappa shape index (κ2) is 5.12. The number of aromatic nitrogens is 1. The lowest BCUT2D eigenvalue weighted by molar-refractivity contribution is -0.149. The average Bonchev–Trinajstić information content (AvgIpc) is 2.38. The van der Waals surface area contributed by atoms with Crippen LogP contribution >= 0.6 is 0 Å². The molecule has 0 aromatic carbocycles. The van der Waals surface area contributed by atoms with Gasteiger partial charge in [0.1, 0.15) is 11.9 Å². The number of pyridine rings is 1. The second-order valence-electron chi connectivity index (χ2n) is 5.74. The molecule has 0 saturated carbocycles. The topological polar surface area (TPSA) is 77.2 Å². The number of rotatable bonds is 2. The molecule has 1 aromatic rings. The molecule has 5 heteroatoms. The molecule has 1 N–H and O–H groups in total. The summed E-state index contributed by atoms with van der Waals surface area (Å²) in [5.74, 6) is -0.0523. The van der Waals surface area contributed by atoms with Gasteiger partial charge >= 0.3 is 5.97 Å². The molecule has 0 spiro atoms. The Morgan fingerprint density at radius 2 is 2.05 bits per heavy atom. The van der Waals surface area contributed by atoms with Crippen LogP contribution in [0.2, 0.25) is 0 Å². The van der Waals surface area contributed by atoms with Crippen molar-refractivity contribution in [2.75, 3.05) is 18.0 Å². The molecule has 0 radical (unpaired) electrons. The van der Waals surface area contributed by atoms with E-state index in [1.165, 1.54) is 0 Å². The summed E-state index contributed by atoms with van der Waals surface area (Å²) in [4.78, 5) is 17.8. The fourth-order valence-electron chi connectivity index (χ4n) is 2.61. The Balaban J connectivity index is 2.28. The molecular formula is C15H19N3O2. The van der Waals surface area contributed by atoms with Crippen molar-refractivity contribution >= 4 is 11.8 Å². The van der Waals surface area contributed by atoms with Crippen LogP contribution in [0.15, 0.2) is 6.07 Å². The Kier molecular flexibility index (Phi) is 3.67. The molecule has 0 atom stereocenters. The van der Waals surface area contributed by atoms with E-state index in [1.807, 2.05) is 24.8 Å². The summed E-state index contributed by atoms with van der Waals surface area (Å²) in [5.41, 5.74) is 1.72. The van der Waals surface area contributed by atoms with E-state index in [1.54, 1.807) is 6.92 Å². The largest absolute Gasteiger partial charge is 0.481 e. The molecule has 0 amide bonds. The number of aryl methyl sites for hydroxylation is 2. The first-order chi connectivity index (χ1) is 9.37. The van der Waals surface area contributed by atoms with Crippen molar-refractivity contribution in [1.82, 2.24) is 4.98 Å². The van der Waals surface area contributed by atoms with E-state index in [-0.39, 0.29) is 0 Å². The van der Waals surface area contributed by atoms with Crippen molar-refractivity contribution in [2.24, 2.45) is 5.41 Å². The summed E-state index contributed by atoms with van der Waals surface area (Å²) >= 11 is 0. The highest BCUT2D eigenvalue weighted by Crippen LogP contribution is 2.34. The minimum absolute atomic E-state index is 0.571. The highest BCUT2D eigenvalue weighted by atomic mass is 16.4. The van der Waals surface area contributed by atoms with Crippen LogP contribution in [0.5, 0.6) is 0 Å². The number of carboxylic acids is 1. The molecule has 2 rings (SSSR count). The van der Waals surface area contributed by atoms with Gasteiger partial charge in [-0.3, -0.25) is 4.79 Å². The first kappa shape index (κ1) is 14.3. The summed E-state index contributed by atoms with van der Waals surface area (Å²) in [5, 5.41) is 18.6. The molecule has 106 valence electrons. The first-order valence-electron chi connectivity index (χ1n) is 6.74. The number of nitriles is 1. The molecule has 20 heavy (non-hydrogen) atoms. The summed E-state index contributed by atoms with van der Waals surface area (Å²) in [6.07, 6.45) is 1.14. The predicted octanol–water partition coefficient (Wildman–Crippen LogP) is 2.26. The number of anilines is 1. The highest BCUT2D eigenvalue weighted by molar-refractivity contribution is 5.74. The van der Waals surface area contributed by atoms with E-state index in [0.717, 1.165) is 11.3 Å². The summed E-state index contributed by atoms with van der Waals surface area (Å²) < 4.78 is 0. The maximum atomic E-state index is 11.3. The normalized spacial score (nSPS) is 17.6. The van der Waals surface area contributed by atoms with Crippen LogP contribution in [0.3, 0.4) is 0 Å². The number of nitrogens with zero attached hydrogens (tertiary/aromatic N) is 3. The fraction of sp³-hybridized carbons (Fsp3) is 0.533. The van der Waals surface area contributed by atoms with Gasteiger partial charge < -0.3 is 10.0 Å². The Morgan fingerprint density at radius 1 is 1.45 bits per heavy atom. The van der Waals surface area contributed by atoms with Gasteiger partial charge in [-0.15, -0.1) is 0 Å². The van der Waals surface area contributed by atoms with Gasteiger partial charge in [0.2, 0.25) is 0 Å². The molecule has 1 fully saturated rings. The third kappa shape index (κ3) is 2.46. The van der Waals surface area contributed by atoms with Crippen LogP contribution in [0.4, 0.5) is 5.82 Å². The first-order valence-corrected chi connectivity index (χ1v) is 6.74. The third-order valence-electron chi connectivity index (χ3n) is 4.12. The van der Waals surface area contributed by atoms with Gasteiger partial charge in [0, 0.05) is 18.8 Å². The molecule has 2 heterocycles. The van der Waals surface area contributed by atoms with E-state index in [9.17, 15) is 15.2 Å². The van der Waals surface area contributed by atoms with Crippen LogP contribution in [-0.2, 0) is 4.79 Å². The Labute approximate surface area is 118 Å². The minimum atomic E-state index is -0.744. The summed E-state index contributed by atoms with van der Waals surface area (Å²) in [6, 6.07) is 4.11. The minimum Gasteiger partial charge on any atom is -0.481 e. The second-order valence-corrected chi connectivity index (χ2v) is 5.74. The quantitative estimate of drug-likeness (QED) is 0.894. The van der Waals surface area contributed by atoms with E-state index in [0.29, 0.717) is 37.3 Å². The molecule has 5 nitrogen and oxygen atoms in total. The van der Waals surface area contributed by atoms with Gasteiger partial charge in [0.15, 0.2) is 0 Å². The lowest BCUT2D eigenvalue weighted by atomic mass is 9.80. The van der Waals surface area contributed by atoms with Crippen LogP contribution in [-0.4, -0.2) is 29.1 Å². The Bertz CT molecular complexity index is 582. The third-order valence-corrected chi connectivity index (χ3v) is 4.12. The zero-order chi connectivity index (χ0) is 14.9. The van der Waals surface area contributed by atoms with Gasteiger partial charge in [0.05, 0.1) is 11.0 Å². The molecule has 1 aliphatic rings. The van der Waals surface area contributed by atoms with Gasteiger partial charge in [-0.25, -0.2) is 4.98 Å². The van der Waals surface area contributed by atoms with E-state index < -0.39 is 11.4 Å². The number of piperidine rings is 1. The molecule has 0 bridgehead atoms. The SMILES string of the molecule is Cc1cc(C)c(C#N)c(N2CCC(C)(C(=O)O)CC2)n1. The molecular weight excluding hydrogens is 254 g/mol. The maximum absolute atomic E-state index is 11.3. The van der Waals surface area contributed by atoms with Gasteiger partial charge in [0.25, 0.3) is 0 Å². The molecule has 1 aliphatic heterocycles. The van der Waals surface area contributed by atoms with Crippen LogP contribution in [0.25, 0.3) is 0 Å². The monoisotopic (exact) mass is 273 g/mol. The summed E-state index contributed by atoms with van der Waals surface area (Å²) in [6.45, 7) is 6.83. The maximum Gasteiger partial charge on any atom is 0.309 e. The van der Waals surface area contributed by atoms with Gasteiger partial charge in [-0.05, 0) is 45.2 Å². The number of carboxylic acid groups (broad SMARTS) is 1. The molecule has 1 saturated heterocycles. The van der Waals surface area contributed by atoms with Gasteiger partial charge in [-0.2, -0.15) is 5.26 Å². The van der Waals surface area contributed by atoms with Crippen molar-refractivity contribution < 1.29 is 9.90 Å². The Hall–Kier alpha value is -2.09. The lowest BCUT2D eigenvalue weighted by Crippen LogP contribution is -2.43. The van der Waals surface area contributed by atoms with E-state index >= 15 is 0 Å². The lowest BCUT2D eigenvalue weighted by Gasteiger charge is -2.37. The number of hydrogen-bond acceptors (Lipinski definition) is 4. The number of aliphatic carboxylic acids is 1. The predicted molar refractivity (Wildman–Crippen MR) is 75.6 cm³/mol. The average molecular weight is 273 g/mol. The highest BCUT2D eigenvalue weighted by Gasteiger charge is 2.37.